The highest BCUT2D eigenvalue weighted by Crippen LogP contribution is 2.26. The third kappa shape index (κ3) is 3.34. The number of rotatable bonds is 3. The van der Waals surface area contributed by atoms with E-state index >= 15 is 0 Å². The van der Waals surface area contributed by atoms with Gasteiger partial charge in [0.05, 0.1) is 6.04 Å². The van der Waals surface area contributed by atoms with Crippen molar-refractivity contribution >= 4 is 6.09 Å². The lowest BCUT2D eigenvalue weighted by Gasteiger charge is -2.36. The summed E-state index contributed by atoms with van der Waals surface area (Å²) in [6.07, 6.45) is 0.899. The van der Waals surface area contributed by atoms with Crippen LogP contribution in [0.15, 0.2) is 28.9 Å². The number of carboxylic acid groups (broad SMARTS) is 1. The fraction of sp³-hybridized carbons (Fsp3) is 0.438. The average molecular weight is 316 g/mol. The molecule has 122 valence electrons. The Labute approximate surface area is 134 Å². The molecular weight excluding hydrogens is 296 g/mol. The minimum Gasteiger partial charge on any atom is -0.465 e. The van der Waals surface area contributed by atoms with E-state index in [2.05, 4.69) is 22.0 Å². The molecule has 1 amide bonds. The van der Waals surface area contributed by atoms with E-state index in [4.69, 9.17) is 9.63 Å². The summed E-state index contributed by atoms with van der Waals surface area (Å²) in [4.78, 5) is 18.8. The van der Waals surface area contributed by atoms with E-state index in [1.54, 1.807) is 6.20 Å². The summed E-state index contributed by atoms with van der Waals surface area (Å²) in [6, 6.07) is 5.89. The Morgan fingerprint density at radius 2 is 2.04 bits per heavy atom. The summed E-state index contributed by atoms with van der Waals surface area (Å²) >= 11 is 0. The molecule has 0 saturated carbocycles. The Kier molecular flexibility index (Phi) is 4.29. The van der Waals surface area contributed by atoms with Crippen LogP contribution >= 0.6 is 0 Å². The minimum atomic E-state index is -0.853. The smallest absolute Gasteiger partial charge is 0.407 e. The molecule has 1 N–H and O–H groups in total. The van der Waals surface area contributed by atoms with Crippen LogP contribution in [0.1, 0.15) is 24.4 Å². The number of amides is 1. The lowest BCUT2D eigenvalue weighted by Crippen LogP contribution is -2.48. The summed E-state index contributed by atoms with van der Waals surface area (Å²) in [5, 5.41) is 13.2. The van der Waals surface area contributed by atoms with Crippen molar-refractivity contribution in [3.63, 3.8) is 0 Å². The van der Waals surface area contributed by atoms with Crippen molar-refractivity contribution in [2.75, 3.05) is 26.2 Å². The normalized spacial score (nSPS) is 17.2. The molecule has 23 heavy (non-hydrogen) atoms. The number of aromatic nitrogens is 2. The molecule has 1 aliphatic rings. The fourth-order valence-corrected chi connectivity index (χ4v) is 2.81. The van der Waals surface area contributed by atoms with E-state index < -0.39 is 6.09 Å². The van der Waals surface area contributed by atoms with Gasteiger partial charge in [-0.25, -0.2) is 4.79 Å². The quantitative estimate of drug-likeness (QED) is 0.936. The van der Waals surface area contributed by atoms with Gasteiger partial charge in [0.25, 0.3) is 0 Å². The molecule has 1 atom stereocenters. The Hall–Kier alpha value is -2.41. The topological polar surface area (TPSA) is 82.7 Å². The van der Waals surface area contributed by atoms with Gasteiger partial charge in [0.1, 0.15) is 5.69 Å². The van der Waals surface area contributed by atoms with E-state index in [0.29, 0.717) is 26.2 Å². The van der Waals surface area contributed by atoms with Crippen molar-refractivity contribution < 1.29 is 14.4 Å². The van der Waals surface area contributed by atoms with Crippen LogP contribution in [0.5, 0.6) is 0 Å². The molecule has 1 fully saturated rings. The predicted molar refractivity (Wildman–Crippen MR) is 84.1 cm³/mol. The van der Waals surface area contributed by atoms with E-state index in [1.165, 1.54) is 4.90 Å². The Balaban J connectivity index is 1.69. The van der Waals surface area contributed by atoms with Gasteiger partial charge in [0, 0.05) is 49.7 Å². The number of carbonyl (C=O) groups is 1. The molecule has 0 aromatic carbocycles. The predicted octanol–water partition coefficient (Wildman–Crippen LogP) is 2.40. The van der Waals surface area contributed by atoms with Crippen LogP contribution in [0, 0.1) is 6.92 Å². The van der Waals surface area contributed by atoms with Crippen molar-refractivity contribution in [1.82, 2.24) is 19.9 Å². The molecule has 0 aliphatic carbocycles. The highest BCUT2D eigenvalue weighted by atomic mass is 16.5. The summed E-state index contributed by atoms with van der Waals surface area (Å²) in [5.41, 5.74) is 2.75. The molecular formula is C16H20N4O3. The molecule has 2 aromatic heterocycles. The molecule has 1 aliphatic heterocycles. The molecule has 3 rings (SSSR count). The van der Waals surface area contributed by atoms with Crippen LogP contribution in [0.2, 0.25) is 0 Å². The maximum absolute atomic E-state index is 11.0. The second-order valence-corrected chi connectivity index (χ2v) is 5.78. The Morgan fingerprint density at radius 3 is 2.70 bits per heavy atom. The van der Waals surface area contributed by atoms with Gasteiger partial charge in [0.2, 0.25) is 0 Å². The SMILES string of the molecule is Cc1cc(-c2cc(C(C)N3CCN(C(=O)O)CC3)no2)ccn1. The van der Waals surface area contributed by atoms with Crippen molar-refractivity contribution in [2.45, 2.75) is 19.9 Å². The Morgan fingerprint density at radius 1 is 1.30 bits per heavy atom. The third-order valence-corrected chi connectivity index (χ3v) is 4.27. The molecule has 1 saturated heterocycles. The van der Waals surface area contributed by atoms with Crippen LogP contribution in [-0.2, 0) is 0 Å². The fourth-order valence-electron chi connectivity index (χ4n) is 2.81. The molecule has 0 spiro atoms. The van der Waals surface area contributed by atoms with Gasteiger partial charge >= 0.3 is 6.09 Å². The van der Waals surface area contributed by atoms with Gasteiger partial charge in [0.15, 0.2) is 5.76 Å². The van der Waals surface area contributed by atoms with Gasteiger partial charge in [-0.1, -0.05) is 5.16 Å². The number of aryl methyl sites for hydroxylation is 1. The van der Waals surface area contributed by atoms with Gasteiger partial charge < -0.3 is 14.5 Å². The highest BCUT2D eigenvalue weighted by molar-refractivity contribution is 5.65. The second-order valence-electron chi connectivity index (χ2n) is 5.78. The zero-order chi connectivity index (χ0) is 16.4. The number of piperazine rings is 1. The van der Waals surface area contributed by atoms with Crippen LogP contribution in [0.3, 0.4) is 0 Å². The number of hydrogen-bond donors (Lipinski definition) is 1. The maximum atomic E-state index is 11.0. The summed E-state index contributed by atoms with van der Waals surface area (Å²) < 4.78 is 5.47. The minimum absolute atomic E-state index is 0.0892. The largest absolute Gasteiger partial charge is 0.465 e. The number of nitrogens with zero attached hydrogens (tertiary/aromatic N) is 4. The number of pyridine rings is 1. The van der Waals surface area contributed by atoms with Gasteiger partial charge in [-0.2, -0.15) is 0 Å². The highest BCUT2D eigenvalue weighted by Gasteiger charge is 2.26. The van der Waals surface area contributed by atoms with Crippen molar-refractivity contribution in [2.24, 2.45) is 0 Å². The zero-order valence-electron chi connectivity index (χ0n) is 13.3. The second kappa shape index (κ2) is 6.37. The first-order valence-corrected chi connectivity index (χ1v) is 7.66. The third-order valence-electron chi connectivity index (χ3n) is 4.27. The van der Waals surface area contributed by atoms with Crippen LogP contribution < -0.4 is 0 Å². The summed E-state index contributed by atoms with van der Waals surface area (Å²) in [7, 11) is 0. The van der Waals surface area contributed by atoms with Crippen molar-refractivity contribution in [3.05, 3.63) is 35.8 Å². The molecule has 7 heteroatoms. The van der Waals surface area contributed by atoms with Crippen LogP contribution in [-0.4, -0.2) is 57.3 Å². The van der Waals surface area contributed by atoms with E-state index in [1.807, 2.05) is 25.1 Å². The van der Waals surface area contributed by atoms with Gasteiger partial charge in [-0.15, -0.1) is 0 Å². The lowest BCUT2D eigenvalue weighted by molar-refractivity contribution is 0.0871. The maximum Gasteiger partial charge on any atom is 0.407 e. The van der Waals surface area contributed by atoms with Gasteiger partial charge in [-0.05, 0) is 26.0 Å². The van der Waals surface area contributed by atoms with E-state index in [-0.39, 0.29) is 6.04 Å². The van der Waals surface area contributed by atoms with Crippen molar-refractivity contribution in [1.29, 1.82) is 0 Å². The van der Waals surface area contributed by atoms with Crippen LogP contribution in [0.25, 0.3) is 11.3 Å². The molecule has 3 heterocycles. The van der Waals surface area contributed by atoms with Crippen molar-refractivity contribution in [3.8, 4) is 11.3 Å². The zero-order valence-corrected chi connectivity index (χ0v) is 13.3. The molecule has 1 unspecified atom stereocenters. The van der Waals surface area contributed by atoms with Crippen LogP contribution in [0.4, 0.5) is 4.79 Å². The van der Waals surface area contributed by atoms with Gasteiger partial charge in [-0.3, -0.25) is 9.88 Å². The summed E-state index contributed by atoms with van der Waals surface area (Å²) in [5.74, 6) is 0.724. The molecule has 2 aromatic rings. The lowest BCUT2D eigenvalue weighted by atomic mass is 10.1. The molecule has 0 radical (unpaired) electrons. The Bertz CT molecular complexity index is 692. The standard InChI is InChI=1S/C16H20N4O3/c1-11-9-13(3-4-17-11)15-10-14(18-23-15)12(2)19-5-7-20(8-6-19)16(21)22/h3-4,9-10,12H,5-8H2,1-2H3,(H,21,22). The first kappa shape index (κ1) is 15.5. The molecule has 7 nitrogen and oxygen atoms in total. The average Bonchev–Trinajstić information content (AvgIpc) is 3.04. The monoisotopic (exact) mass is 316 g/mol. The number of hydrogen-bond acceptors (Lipinski definition) is 5. The first-order chi connectivity index (χ1) is 11.0. The molecule has 0 bridgehead atoms. The van der Waals surface area contributed by atoms with E-state index in [0.717, 1.165) is 22.7 Å². The van der Waals surface area contributed by atoms with E-state index in [9.17, 15) is 4.79 Å². The summed E-state index contributed by atoms with van der Waals surface area (Å²) in [6.45, 7) is 6.44. The first-order valence-electron chi connectivity index (χ1n) is 7.66.